The highest BCUT2D eigenvalue weighted by Crippen LogP contribution is 2.38. The van der Waals surface area contributed by atoms with Crippen molar-refractivity contribution in [2.75, 3.05) is 50.7 Å². The third-order valence-electron chi connectivity index (χ3n) is 7.38. The Labute approximate surface area is 248 Å². The van der Waals surface area contributed by atoms with Gasteiger partial charge in [0.2, 0.25) is 5.91 Å². The van der Waals surface area contributed by atoms with Gasteiger partial charge in [0, 0.05) is 18.8 Å². The molecule has 2 fully saturated rings. The number of carbonyl (C=O) groups is 3. The zero-order chi connectivity index (χ0) is 29.7. The molecule has 42 heavy (non-hydrogen) atoms. The molecule has 2 aliphatic heterocycles. The first kappa shape index (κ1) is 29.0. The largest absolute Gasteiger partial charge is 0.497 e. The van der Waals surface area contributed by atoms with E-state index in [2.05, 4.69) is 15.6 Å². The smallest absolute Gasteiger partial charge is 0.257 e. The number of carbonyl (C=O) groups excluding carboxylic acids is 3. The first-order valence-corrected chi connectivity index (χ1v) is 13.8. The summed E-state index contributed by atoms with van der Waals surface area (Å²) < 4.78 is 15.7. The van der Waals surface area contributed by atoms with Crippen molar-refractivity contribution in [3.8, 4) is 11.5 Å². The van der Waals surface area contributed by atoms with Crippen molar-refractivity contribution in [2.24, 2.45) is 0 Å². The number of aromatic nitrogens is 1. The summed E-state index contributed by atoms with van der Waals surface area (Å²) in [5.74, 6) is 0.640. The van der Waals surface area contributed by atoms with Crippen LogP contribution in [0.4, 0.5) is 11.5 Å². The SMILES string of the molecule is COc1ccc(CCN2C(=S)NC(=O)C2(CC(=O)Nc2ccc(OC)cn2)c2ccc(N3CCOCC3=O)cc2)cc1. The van der Waals surface area contributed by atoms with E-state index in [1.165, 1.54) is 13.3 Å². The van der Waals surface area contributed by atoms with Crippen LogP contribution in [0.15, 0.2) is 66.9 Å². The van der Waals surface area contributed by atoms with E-state index >= 15 is 0 Å². The van der Waals surface area contributed by atoms with Crippen molar-refractivity contribution in [1.82, 2.24) is 15.2 Å². The van der Waals surface area contributed by atoms with Gasteiger partial charge in [-0.15, -0.1) is 0 Å². The second kappa shape index (κ2) is 12.5. The lowest BCUT2D eigenvalue weighted by molar-refractivity contribution is -0.131. The standard InChI is InChI=1S/C30H31N5O6S/c1-39-23-9-3-20(4-10-23)13-14-35-29(42)33-28(38)30(35,17-26(36)32-25-12-11-24(40-2)18-31-25)21-5-7-22(8-6-21)34-15-16-41-19-27(34)37/h3-12,18H,13-17,19H2,1-2H3,(H,31,32,36)(H,33,38,42). The minimum Gasteiger partial charge on any atom is -0.497 e. The van der Waals surface area contributed by atoms with Gasteiger partial charge in [-0.05, 0) is 66.2 Å². The van der Waals surface area contributed by atoms with Crippen LogP contribution in [0.5, 0.6) is 11.5 Å². The maximum absolute atomic E-state index is 13.8. The Kier molecular flexibility index (Phi) is 8.64. The molecular formula is C30H31N5O6S. The minimum atomic E-state index is -1.44. The van der Waals surface area contributed by atoms with Gasteiger partial charge in [0.25, 0.3) is 11.8 Å². The molecule has 12 heteroatoms. The number of morpholine rings is 1. The summed E-state index contributed by atoms with van der Waals surface area (Å²) in [5, 5.41) is 5.81. The molecule has 2 saturated heterocycles. The Balaban J connectivity index is 1.46. The third kappa shape index (κ3) is 5.90. The average Bonchev–Trinajstić information content (AvgIpc) is 3.25. The van der Waals surface area contributed by atoms with Gasteiger partial charge in [0.1, 0.15) is 23.9 Å². The number of methoxy groups -OCH3 is 2. The Bertz CT molecular complexity index is 1470. The molecule has 2 aliphatic rings. The number of hydrogen-bond donors (Lipinski definition) is 2. The second-order valence-electron chi connectivity index (χ2n) is 9.82. The number of hydrogen-bond acceptors (Lipinski definition) is 8. The molecule has 0 spiro atoms. The van der Waals surface area contributed by atoms with Crippen LogP contribution in [-0.4, -0.2) is 73.2 Å². The third-order valence-corrected chi connectivity index (χ3v) is 7.71. The molecular weight excluding hydrogens is 558 g/mol. The maximum atomic E-state index is 13.8. The highest BCUT2D eigenvalue weighted by atomic mass is 32.1. The molecule has 3 amide bonds. The lowest BCUT2D eigenvalue weighted by Gasteiger charge is -2.37. The molecule has 0 bridgehead atoms. The Morgan fingerprint density at radius 2 is 1.76 bits per heavy atom. The van der Waals surface area contributed by atoms with Gasteiger partial charge in [-0.25, -0.2) is 4.98 Å². The van der Waals surface area contributed by atoms with Gasteiger partial charge in [0.15, 0.2) is 10.7 Å². The predicted octanol–water partition coefficient (Wildman–Crippen LogP) is 2.65. The van der Waals surface area contributed by atoms with Crippen molar-refractivity contribution in [3.63, 3.8) is 0 Å². The van der Waals surface area contributed by atoms with E-state index in [-0.39, 0.29) is 24.0 Å². The lowest BCUT2D eigenvalue weighted by atomic mass is 9.84. The highest BCUT2D eigenvalue weighted by molar-refractivity contribution is 7.80. The summed E-state index contributed by atoms with van der Waals surface area (Å²) in [5.41, 5.74) is 0.824. The molecule has 11 nitrogen and oxygen atoms in total. The van der Waals surface area contributed by atoms with E-state index in [1.807, 2.05) is 24.3 Å². The van der Waals surface area contributed by atoms with Crippen LogP contribution in [0.3, 0.4) is 0 Å². The molecule has 1 aromatic heterocycles. The summed E-state index contributed by atoms with van der Waals surface area (Å²) in [6.45, 7) is 1.24. The molecule has 3 heterocycles. The highest BCUT2D eigenvalue weighted by Gasteiger charge is 2.53. The van der Waals surface area contributed by atoms with Crippen LogP contribution in [0.25, 0.3) is 0 Å². The topological polar surface area (TPSA) is 122 Å². The molecule has 0 aliphatic carbocycles. The van der Waals surface area contributed by atoms with Gasteiger partial charge in [0.05, 0.1) is 33.4 Å². The minimum absolute atomic E-state index is 0.0150. The van der Waals surface area contributed by atoms with Crippen LogP contribution >= 0.6 is 12.2 Å². The van der Waals surface area contributed by atoms with Gasteiger partial charge in [-0.2, -0.15) is 0 Å². The van der Waals surface area contributed by atoms with Crippen LogP contribution in [-0.2, 0) is 31.1 Å². The van der Waals surface area contributed by atoms with Gasteiger partial charge < -0.3 is 34.6 Å². The summed E-state index contributed by atoms with van der Waals surface area (Å²) in [6, 6.07) is 18.0. The molecule has 218 valence electrons. The Morgan fingerprint density at radius 3 is 2.40 bits per heavy atom. The average molecular weight is 590 g/mol. The number of rotatable bonds is 10. The van der Waals surface area contributed by atoms with Crippen molar-refractivity contribution >= 4 is 46.6 Å². The number of pyridine rings is 1. The van der Waals surface area contributed by atoms with Crippen LogP contribution in [0.2, 0.25) is 0 Å². The van der Waals surface area contributed by atoms with Gasteiger partial charge in [-0.1, -0.05) is 24.3 Å². The van der Waals surface area contributed by atoms with E-state index in [0.717, 1.165) is 11.3 Å². The molecule has 5 rings (SSSR count). The first-order chi connectivity index (χ1) is 20.3. The maximum Gasteiger partial charge on any atom is 0.257 e. The van der Waals surface area contributed by atoms with Crippen molar-refractivity contribution < 1.29 is 28.6 Å². The summed E-state index contributed by atoms with van der Waals surface area (Å²) in [6.07, 6.45) is 1.82. The number of anilines is 2. The van der Waals surface area contributed by atoms with E-state index in [9.17, 15) is 14.4 Å². The fraction of sp³-hybridized carbons (Fsp3) is 0.300. The quantitative estimate of drug-likeness (QED) is 0.344. The van der Waals surface area contributed by atoms with Gasteiger partial charge >= 0.3 is 0 Å². The number of amides is 3. The molecule has 3 aromatic rings. The number of nitrogens with one attached hydrogen (secondary N) is 2. The monoisotopic (exact) mass is 589 g/mol. The summed E-state index contributed by atoms with van der Waals surface area (Å²) in [7, 11) is 3.14. The number of ether oxygens (including phenoxy) is 3. The van der Waals surface area contributed by atoms with Crippen LogP contribution in [0, 0.1) is 0 Å². The Hall–Kier alpha value is -4.55. The summed E-state index contributed by atoms with van der Waals surface area (Å²) >= 11 is 5.62. The van der Waals surface area contributed by atoms with Crippen molar-refractivity contribution in [1.29, 1.82) is 0 Å². The van der Waals surface area contributed by atoms with E-state index < -0.39 is 17.4 Å². The number of benzene rings is 2. The zero-order valence-electron chi connectivity index (χ0n) is 23.3. The number of nitrogens with zero attached hydrogens (tertiary/aromatic N) is 3. The molecule has 2 N–H and O–H groups in total. The van der Waals surface area contributed by atoms with E-state index in [0.29, 0.717) is 48.9 Å². The fourth-order valence-electron chi connectivity index (χ4n) is 5.16. The molecule has 1 atom stereocenters. The van der Waals surface area contributed by atoms with Crippen molar-refractivity contribution in [2.45, 2.75) is 18.4 Å². The molecule has 2 aromatic carbocycles. The van der Waals surface area contributed by atoms with E-state index in [1.54, 1.807) is 53.3 Å². The summed E-state index contributed by atoms with van der Waals surface area (Å²) in [4.78, 5) is 47.3. The fourth-order valence-corrected chi connectivity index (χ4v) is 5.50. The van der Waals surface area contributed by atoms with Crippen molar-refractivity contribution in [3.05, 3.63) is 78.0 Å². The second-order valence-corrected chi connectivity index (χ2v) is 10.2. The number of thiocarbonyl (C=S) groups is 1. The normalized spacial score (nSPS) is 18.6. The van der Waals surface area contributed by atoms with Crippen LogP contribution < -0.4 is 25.0 Å². The molecule has 0 radical (unpaired) electrons. The lowest BCUT2D eigenvalue weighted by Crippen LogP contribution is -2.50. The van der Waals surface area contributed by atoms with Crippen LogP contribution in [0.1, 0.15) is 17.5 Å². The molecule has 0 saturated carbocycles. The van der Waals surface area contributed by atoms with Gasteiger partial charge in [-0.3, -0.25) is 14.4 Å². The Morgan fingerprint density at radius 1 is 1.05 bits per heavy atom. The first-order valence-electron chi connectivity index (χ1n) is 13.4. The predicted molar refractivity (Wildman–Crippen MR) is 159 cm³/mol. The molecule has 1 unspecified atom stereocenters. The zero-order valence-corrected chi connectivity index (χ0v) is 24.1. The van der Waals surface area contributed by atoms with E-state index in [4.69, 9.17) is 26.4 Å².